The number of amides is 2. The Bertz CT molecular complexity index is 906. The molecule has 0 aliphatic heterocycles. The van der Waals surface area contributed by atoms with Gasteiger partial charge >= 0.3 is 0 Å². The van der Waals surface area contributed by atoms with E-state index in [-0.39, 0.29) is 18.4 Å². The number of likely N-dealkylation sites (N-methyl/N-ethyl adjacent to an activating group) is 1. The molecule has 8 heteroatoms. The average molecular weight is 379 g/mol. The maximum Gasteiger partial charge on any atom is 0.257 e. The molecular weight excluding hydrogens is 358 g/mol. The summed E-state index contributed by atoms with van der Waals surface area (Å²) in [4.78, 5) is 27.7. The molecule has 0 aliphatic carbocycles. The molecule has 0 saturated carbocycles. The third-order valence-electron chi connectivity index (χ3n) is 3.88. The van der Waals surface area contributed by atoms with E-state index in [1.54, 1.807) is 47.4 Å². The Hall–Kier alpha value is -3.68. The molecule has 1 heterocycles. The third-order valence-corrected chi connectivity index (χ3v) is 3.88. The number of hydrogen-bond acceptors (Lipinski definition) is 5. The van der Waals surface area contributed by atoms with Gasteiger partial charge in [0, 0.05) is 17.8 Å². The van der Waals surface area contributed by atoms with Gasteiger partial charge in [-0.1, -0.05) is 12.1 Å². The maximum absolute atomic E-state index is 12.4. The lowest BCUT2D eigenvalue weighted by molar-refractivity contribution is -0.122. The molecule has 2 N–H and O–H groups in total. The SMILES string of the molecule is CCNC(=O)COc1ccc(NC(=O)c2ccc(Cn3cncn3)cc2)cc1. The van der Waals surface area contributed by atoms with Crippen LogP contribution in [0.3, 0.4) is 0 Å². The number of nitrogens with one attached hydrogen (secondary N) is 2. The first-order chi connectivity index (χ1) is 13.6. The fourth-order valence-electron chi connectivity index (χ4n) is 2.50. The van der Waals surface area contributed by atoms with E-state index >= 15 is 0 Å². The number of carbonyl (C=O) groups excluding carboxylic acids is 2. The summed E-state index contributed by atoms with van der Waals surface area (Å²) in [5, 5.41) is 9.55. The molecule has 0 unspecified atom stereocenters. The van der Waals surface area contributed by atoms with Gasteiger partial charge in [-0.25, -0.2) is 9.67 Å². The van der Waals surface area contributed by atoms with Crippen LogP contribution in [-0.2, 0) is 11.3 Å². The highest BCUT2D eigenvalue weighted by Gasteiger charge is 2.07. The minimum absolute atomic E-state index is 0.0412. The Labute approximate surface area is 162 Å². The Kier molecular flexibility index (Phi) is 6.35. The summed E-state index contributed by atoms with van der Waals surface area (Å²) in [6.45, 7) is 2.97. The minimum Gasteiger partial charge on any atom is -0.484 e. The number of hydrogen-bond donors (Lipinski definition) is 2. The molecule has 2 aromatic carbocycles. The van der Waals surface area contributed by atoms with Crippen LogP contribution < -0.4 is 15.4 Å². The van der Waals surface area contributed by atoms with Crippen LogP contribution in [0, 0.1) is 0 Å². The number of nitrogens with zero attached hydrogens (tertiary/aromatic N) is 3. The van der Waals surface area contributed by atoms with Crippen LogP contribution >= 0.6 is 0 Å². The van der Waals surface area contributed by atoms with E-state index in [2.05, 4.69) is 20.7 Å². The molecule has 3 aromatic rings. The Morgan fingerprint density at radius 2 is 1.82 bits per heavy atom. The van der Waals surface area contributed by atoms with Crippen molar-refractivity contribution in [2.45, 2.75) is 13.5 Å². The van der Waals surface area contributed by atoms with Crippen LogP contribution in [-0.4, -0.2) is 39.7 Å². The summed E-state index contributed by atoms with van der Waals surface area (Å²) >= 11 is 0. The first-order valence-electron chi connectivity index (χ1n) is 8.86. The van der Waals surface area contributed by atoms with E-state index in [1.165, 1.54) is 6.33 Å². The van der Waals surface area contributed by atoms with E-state index in [1.807, 2.05) is 19.1 Å². The Morgan fingerprint density at radius 1 is 1.07 bits per heavy atom. The second-order valence-corrected chi connectivity index (χ2v) is 6.01. The van der Waals surface area contributed by atoms with E-state index in [0.717, 1.165) is 5.56 Å². The van der Waals surface area contributed by atoms with E-state index in [4.69, 9.17) is 4.74 Å². The van der Waals surface area contributed by atoms with Crippen LogP contribution in [0.5, 0.6) is 5.75 Å². The van der Waals surface area contributed by atoms with E-state index < -0.39 is 0 Å². The summed E-state index contributed by atoms with van der Waals surface area (Å²) in [6.07, 6.45) is 3.13. The van der Waals surface area contributed by atoms with Crippen LogP contribution in [0.4, 0.5) is 5.69 Å². The van der Waals surface area contributed by atoms with Crippen LogP contribution in [0.25, 0.3) is 0 Å². The van der Waals surface area contributed by atoms with Crippen molar-refractivity contribution in [1.29, 1.82) is 0 Å². The fourth-order valence-corrected chi connectivity index (χ4v) is 2.50. The lowest BCUT2D eigenvalue weighted by atomic mass is 10.1. The molecule has 1 aromatic heterocycles. The molecule has 0 aliphatic rings. The van der Waals surface area contributed by atoms with Crippen molar-refractivity contribution in [1.82, 2.24) is 20.1 Å². The molecule has 0 fully saturated rings. The zero-order valence-electron chi connectivity index (χ0n) is 15.5. The normalized spacial score (nSPS) is 10.3. The zero-order chi connectivity index (χ0) is 19.8. The molecule has 8 nitrogen and oxygen atoms in total. The third kappa shape index (κ3) is 5.41. The molecular formula is C20H21N5O3. The van der Waals surface area contributed by atoms with Gasteiger partial charge in [-0.3, -0.25) is 9.59 Å². The number of rotatable bonds is 8. The molecule has 28 heavy (non-hydrogen) atoms. The van der Waals surface area contributed by atoms with Crippen molar-refractivity contribution in [3.63, 3.8) is 0 Å². The number of anilines is 1. The van der Waals surface area contributed by atoms with Gasteiger partial charge in [0.05, 0.1) is 6.54 Å². The second-order valence-electron chi connectivity index (χ2n) is 6.01. The van der Waals surface area contributed by atoms with Crippen molar-refractivity contribution < 1.29 is 14.3 Å². The predicted molar refractivity (Wildman–Crippen MR) is 104 cm³/mol. The van der Waals surface area contributed by atoms with Crippen LogP contribution in [0.1, 0.15) is 22.8 Å². The van der Waals surface area contributed by atoms with Gasteiger partial charge in [0.2, 0.25) is 0 Å². The summed E-state index contributed by atoms with van der Waals surface area (Å²) in [7, 11) is 0. The molecule has 0 atom stereocenters. The smallest absolute Gasteiger partial charge is 0.257 e. The Morgan fingerprint density at radius 3 is 2.46 bits per heavy atom. The number of carbonyl (C=O) groups is 2. The van der Waals surface area contributed by atoms with Gasteiger partial charge in [0.1, 0.15) is 18.4 Å². The quantitative estimate of drug-likeness (QED) is 0.625. The molecule has 0 radical (unpaired) electrons. The van der Waals surface area contributed by atoms with E-state index in [9.17, 15) is 9.59 Å². The molecule has 144 valence electrons. The highest BCUT2D eigenvalue weighted by molar-refractivity contribution is 6.04. The summed E-state index contributed by atoms with van der Waals surface area (Å²) in [5.41, 5.74) is 2.22. The monoisotopic (exact) mass is 379 g/mol. The molecule has 0 spiro atoms. The van der Waals surface area contributed by atoms with E-state index in [0.29, 0.717) is 30.1 Å². The van der Waals surface area contributed by atoms with Gasteiger partial charge in [0.25, 0.3) is 11.8 Å². The second kappa shape index (κ2) is 9.31. The molecule has 2 amide bonds. The zero-order valence-corrected chi connectivity index (χ0v) is 15.5. The van der Waals surface area contributed by atoms with Crippen LogP contribution in [0.15, 0.2) is 61.2 Å². The number of benzene rings is 2. The first-order valence-corrected chi connectivity index (χ1v) is 8.86. The standard InChI is InChI=1S/C20H21N5O3/c1-2-22-19(26)12-28-18-9-7-17(8-10-18)24-20(27)16-5-3-15(4-6-16)11-25-14-21-13-23-25/h3-10,13-14H,2,11-12H2,1H3,(H,22,26)(H,24,27). The fraction of sp³-hybridized carbons (Fsp3) is 0.200. The van der Waals surface area contributed by atoms with Crippen molar-refractivity contribution in [3.05, 3.63) is 72.3 Å². The topological polar surface area (TPSA) is 98.1 Å². The lowest BCUT2D eigenvalue weighted by Crippen LogP contribution is -2.28. The van der Waals surface area contributed by atoms with Gasteiger partial charge in [-0.15, -0.1) is 0 Å². The summed E-state index contributed by atoms with van der Waals surface area (Å²) in [5.74, 6) is 0.178. The minimum atomic E-state index is -0.205. The van der Waals surface area contributed by atoms with Crippen molar-refractivity contribution >= 4 is 17.5 Å². The lowest BCUT2D eigenvalue weighted by Gasteiger charge is -2.09. The maximum atomic E-state index is 12.4. The highest BCUT2D eigenvalue weighted by Crippen LogP contribution is 2.17. The average Bonchev–Trinajstić information content (AvgIpc) is 3.21. The first kappa shape index (κ1) is 19.1. The summed E-state index contributed by atoms with van der Waals surface area (Å²) in [6, 6.07) is 14.2. The van der Waals surface area contributed by atoms with Gasteiger partial charge in [-0.2, -0.15) is 5.10 Å². The van der Waals surface area contributed by atoms with Crippen molar-refractivity contribution in [3.8, 4) is 5.75 Å². The van der Waals surface area contributed by atoms with Gasteiger partial charge < -0.3 is 15.4 Å². The summed E-state index contributed by atoms with van der Waals surface area (Å²) < 4.78 is 7.10. The largest absolute Gasteiger partial charge is 0.484 e. The van der Waals surface area contributed by atoms with Crippen molar-refractivity contribution in [2.75, 3.05) is 18.5 Å². The van der Waals surface area contributed by atoms with Gasteiger partial charge in [-0.05, 0) is 48.9 Å². The molecule has 0 saturated heterocycles. The predicted octanol–water partition coefficient (Wildman–Crippen LogP) is 2.09. The van der Waals surface area contributed by atoms with Crippen molar-refractivity contribution in [2.24, 2.45) is 0 Å². The molecule has 3 rings (SSSR count). The van der Waals surface area contributed by atoms with Gasteiger partial charge in [0.15, 0.2) is 6.61 Å². The Balaban J connectivity index is 1.53. The molecule has 0 bridgehead atoms. The number of ether oxygens (including phenoxy) is 1. The number of aromatic nitrogens is 3. The highest BCUT2D eigenvalue weighted by atomic mass is 16.5. The van der Waals surface area contributed by atoms with Crippen LogP contribution in [0.2, 0.25) is 0 Å².